The number of ether oxygens (including phenoxy) is 1. The second-order valence-electron chi connectivity index (χ2n) is 7.01. The number of nitrogens with one attached hydrogen (secondary N) is 3. The van der Waals surface area contributed by atoms with E-state index >= 15 is 0 Å². The number of halogens is 1. The molecule has 0 aliphatic rings. The maximum absolute atomic E-state index is 13.7. The minimum absolute atomic E-state index is 0.0406. The lowest BCUT2D eigenvalue weighted by atomic mass is 10.1. The molecule has 0 saturated carbocycles. The summed E-state index contributed by atoms with van der Waals surface area (Å²) in [6.45, 7) is 2.95. The van der Waals surface area contributed by atoms with Crippen molar-refractivity contribution in [3.05, 3.63) is 83.6 Å². The predicted molar refractivity (Wildman–Crippen MR) is 116 cm³/mol. The summed E-state index contributed by atoms with van der Waals surface area (Å²) in [5.74, 6) is -1.77. The molecule has 0 fully saturated rings. The normalized spacial score (nSPS) is 12.1. The summed E-state index contributed by atoms with van der Waals surface area (Å²) in [6.07, 6.45) is 0.315. The zero-order chi connectivity index (χ0) is 24.0. The maximum Gasteiger partial charge on any atom is 0.279 e. The number of sulfonamides is 1. The van der Waals surface area contributed by atoms with Crippen LogP contribution in [0.1, 0.15) is 28.6 Å². The molecule has 3 rings (SSSR count). The fourth-order valence-corrected chi connectivity index (χ4v) is 3.77. The van der Waals surface area contributed by atoms with E-state index in [1.54, 1.807) is 25.1 Å². The van der Waals surface area contributed by atoms with Gasteiger partial charge < -0.3 is 9.15 Å². The highest BCUT2D eigenvalue weighted by atomic mass is 32.2. The van der Waals surface area contributed by atoms with Crippen molar-refractivity contribution >= 4 is 21.8 Å². The summed E-state index contributed by atoms with van der Waals surface area (Å²) in [5, 5.41) is 0. The minimum Gasteiger partial charge on any atom is -0.478 e. The van der Waals surface area contributed by atoms with Crippen molar-refractivity contribution in [1.82, 2.24) is 15.6 Å². The quantitative estimate of drug-likeness (QED) is 0.430. The van der Waals surface area contributed by atoms with Gasteiger partial charge in [-0.05, 0) is 55.8 Å². The van der Waals surface area contributed by atoms with Gasteiger partial charge in [-0.3, -0.25) is 20.4 Å². The molecule has 0 aliphatic carbocycles. The Morgan fingerprint density at radius 2 is 1.85 bits per heavy atom. The lowest BCUT2D eigenvalue weighted by Crippen LogP contribution is -2.47. The van der Waals surface area contributed by atoms with Crippen molar-refractivity contribution in [1.29, 1.82) is 0 Å². The van der Waals surface area contributed by atoms with Crippen LogP contribution in [-0.2, 0) is 21.4 Å². The molecule has 174 valence electrons. The minimum atomic E-state index is -3.93. The number of carbonyl (C=O) groups excluding carboxylic acids is 2. The van der Waals surface area contributed by atoms with Crippen LogP contribution in [0, 0.1) is 12.7 Å². The van der Waals surface area contributed by atoms with Crippen molar-refractivity contribution in [3.8, 4) is 5.75 Å². The van der Waals surface area contributed by atoms with Gasteiger partial charge in [0, 0.05) is 5.56 Å². The van der Waals surface area contributed by atoms with Gasteiger partial charge in [0.05, 0.1) is 17.7 Å². The number of carbonyl (C=O) groups is 2. The fraction of sp³-hybridized carbons (Fsp3) is 0.182. The molecule has 1 atom stereocenters. The van der Waals surface area contributed by atoms with E-state index in [2.05, 4.69) is 15.6 Å². The number of benzene rings is 2. The lowest BCUT2D eigenvalue weighted by Gasteiger charge is -2.16. The molecular formula is C22H22FN3O6S. The van der Waals surface area contributed by atoms with Crippen LogP contribution in [0.3, 0.4) is 0 Å². The third-order valence-corrected chi connectivity index (χ3v) is 5.99. The molecule has 2 amide bonds. The third-order valence-electron chi connectivity index (χ3n) is 4.59. The van der Waals surface area contributed by atoms with E-state index in [0.717, 1.165) is 0 Å². The first-order valence-corrected chi connectivity index (χ1v) is 11.3. The molecule has 3 N–H and O–H groups in total. The average molecular weight is 475 g/mol. The Morgan fingerprint density at radius 1 is 1.09 bits per heavy atom. The molecule has 9 nitrogen and oxygen atoms in total. The molecule has 33 heavy (non-hydrogen) atoms. The fourth-order valence-electron chi connectivity index (χ4n) is 2.75. The number of hydrogen-bond donors (Lipinski definition) is 3. The van der Waals surface area contributed by atoms with E-state index < -0.39 is 33.8 Å². The number of rotatable bonds is 8. The highest BCUT2D eigenvalue weighted by molar-refractivity contribution is 7.89. The molecule has 0 bridgehead atoms. The van der Waals surface area contributed by atoms with Crippen LogP contribution in [0.2, 0.25) is 0 Å². The summed E-state index contributed by atoms with van der Waals surface area (Å²) < 4.78 is 51.6. The van der Waals surface area contributed by atoms with E-state index in [0.29, 0.717) is 11.3 Å². The summed E-state index contributed by atoms with van der Waals surface area (Å²) >= 11 is 0. The summed E-state index contributed by atoms with van der Waals surface area (Å²) in [6, 6.07) is 12.9. The summed E-state index contributed by atoms with van der Waals surface area (Å²) in [4.78, 5) is 24.7. The molecule has 1 aromatic heterocycles. The van der Waals surface area contributed by atoms with Gasteiger partial charge in [-0.25, -0.2) is 17.5 Å². The average Bonchev–Trinajstić information content (AvgIpc) is 3.31. The second-order valence-corrected chi connectivity index (χ2v) is 8.78. The van der Waals surface area contributed by atoms with Crippen LogP contribution in [0.15, 0.2) is 70.2 Å². The van der Waals surface area contributed by atoms with Crippen molar-refractivity contribution in [2.24, 2.45) is 0 Å². The molecule has 1 unspecified atom stereocenters. The molecule has 0 radical (unpaired) electrons. The Morgan fingerprint density at radius 3 is 2.55 bits per heavy atom. The number of furan rings is 1. The van der Waals surface area contributed by atoms with Crippen LogP contribution in [-0.4, -0.2) is 26.3 Å². The van der Waals surface area contributed by atoms with Crippen LogP contribution >= 0.6 is 0 Å². The monoisotopic (exact) mass is 475 g/mol. The Labute approximate surface area is 190 Å². The van der Waals surface area contributed by atoms with E-state index in [1.165, 1.54) is 49.6 Å². The summed E-state index contributed by atoms with van der Waals surface area (Å²) in [5.41, 5.74) is 4.93. The van der Waals surface area contributed by atoms with Gasteiger partial charge in [-0.15, -0.1) is 0 Å². The maximum atomic E-state index is 13.7. The SMILES string of the molecule is Cc1ccc(S(=O)(=O)NCc2ccco2)cc1C(=O)NNC(=O)C(C)Oc1ccccc1F. The van der Waals surface area contributed by atoms with Gasteiger partial charge in [0.1, 0.15) is 5.76 Å². The molecule has 0 spiro atoms. The molecule has 0 saturated heterocycles. The van der Waals surface area contributed by atoms with Gasteiger partial charge >= 0.3 is 0 Å². The number of hydrazine groups is 1. The highest BCUT2D eigenvalue weighted by Crippen LogP contribution is 2.18. The largest absolute Gasteiger partial charge is 0.478 e. The van der Waals surface area contributed by atoms with Gasteiger partial charge in [-0.2, -0.15) is 0 Å². The summed E-state index contributed by atoms with van der Waals surface area (Å²) in [7, 11) is -3.93. The van der Waals surface area contributed by atoms with Crippen molar-refractivity contribution in [2.45, 2.75) is 31.4 Å². The van der Waals surface area contributed by atoms with Gasteiger partial charge in [-0.1, -0.05) is 18.2 Å². The second kappa shape index (κ2) is 10.3. The zero-order valence-corrected chi connectivity index (χ0v) is 18.6. The van der Waals surface area contributed by atoms with E-state index in [9.17, 15) is 22.4 Å². The first-order chi connectivity index (χ1) is 15.7. The Hall–Kier alpha value is -3.70. The van der Waals surface area contributed by atoms with Gasteiger partial charge in [0.15, 0.2) is 17.7 Å². The number of amides is 2. The van der Waals surface area contributed by atoms with Crippen molar-refractivity contribution in [2.75, 3.05) is 0 Å². The number of hydrogen-bond acceptors (Lipinski definition) is 6. The zero-order valence-electron chi connectivity index (χ0n) is 17.8. The first kappa shape index (κ1) is 24.0. The van der Waals surface area contributed by atoms with Gasteiger partial charge in [0.25, 0.3) is 11.8 Å². The smallest absolute Gasteiger partial charge is 0.279 e. The third kappa shape index (κ3) is 6.18. The molecule has 0 aliphatic heterocycles. The van der Waals surface area contributed by atoms with Crippen molar-refractivity contribution in [3.63, 3.8) is 0 Å². The predicted octanol–water partition coefficient (Wildman–Crippen LogP) is 2.43. The van der Waals surface area contributed by atoms with Crippen molar-refractivity contribution < 1.29 is 31.6 Å². The molecule has 1 heterocycles. The standard InChI is InChI=1S/C22H22FN3O6S/c1-14-9-10-17(33(29,30)24-13-16-6-5-11-31-16)12-18(14)22(28)26-25-21(27)15(2)32-20-8-4-3-7-19(20)23/h3-12,15,24H,13H2,1-2H3,(H,25,27)(H,26,28). The topological polar surface area (TPSA) is 127 Å². The number of aryl methyl sites for hydroxylation is 1. The Balaban J connectivity index is 1.63. The van der Waals surface area contributed by atoms with E-state index in [1.807, 2.05) is 0 Å². The molecule has 3 aromatic rings. The van der Waals surface area contributed by atoms with E-state index in [4.69, 9.17) is 9.15 Å². The molecular weight excluding hydrogens is 453 g/mol. The highest BCUT2D eigenvalue weighted by Gasteiger charge is 2.20. The van der Waals surface area contributed by atoms with E-state index in [-0.39, 0.29) is 22.8 Å². The first-order valence-electron chi connectivity index (χ1n) is 9.81. The molecule has 2 aromatic carbocycles. The number of para-hydroxylation sites is 1. The molecule has 11 heteroatoms. The van der Waals surface area contributed by atoms with Crippen LogP contribution in [0.4, 0.5) is 4.39 Å². The van der Waals surface area contributed by atoms with Crippen LogP contribution < -0.4 is 20.3 Å². The Kier molecular flexibility index (Phi) is 7.46. The Bertz CT molecular complexity index is 1240. The van der Waals surface area contributed by atoms with Crippen LogP contribution in [0.25, 0.3) is 0 Å². The van der Waals surface area contributed by atoms with Crippen LogP contribution in [0.5, 0.6) is 5.75 Å². The van der Waals surface area contributed by atoms with Gasteiger partial charge in [0.2, 0.25) is 10.0 Å². The lowest BCUT2D eigenvalue weighted by molar-refractivity contribution is -0.128.